The average Bonchev–Trinajstić information content (AvgIpc) is 2.21. The van der Waals surface area contributed by atoms with E-state index in [0.717, 1.165) is 16.9 Å². The van der Waals surface area contributed by atoms with Crippen molar-refractivity contribution in [3.63, 3.8) is 0 Å². The molecule has 0 saturated heterocycles. The molecule has 18 heavy (non-hydrogen) atoms. The molecule has 1 N–H and O–H groups in total. The summed E-state index contributed by atoms with van der Waals surface area (Å²) in [6, 6.07) is 1.72. The summed E-state index contributed by atoms with van der Waals surface area (Å²) in [7, 11) is -1.88. The van der Waals surface area contributed by atoms with Crippen LogP contribution in [-0.4, -0.2) is 13.4 Å². The van der Waals surface area contributed by atoms with E-state index in [1.807, 2.05) is 13.8 Å². The summed E-state index contributed by atoms with van der Waals surface area (Å²) in [5.41, 5.74) is 1.75. The van der Waals surface area contributed by atoms with Gasteiger partial charge in [0.15, 0.2) is 0 Å². The van der Waals surface area contributed by atoms with E-state index in [1.165, 1.54) is 0 Å². The highest BCUT2D eigenvalue weighted by molar-refractivity contribution is 6.74. The SMILES string of the molecule is Cc1c(O[Si](C)(C)C(C)(C)C)cc(Cl)c(O)c1C. The molecule has 0 aliphatic carbocycles. The zero-order chi connectivity index (χ0) is 14.3. The fourth-order valence-corrected chi connectivity index (χ4v) is 2.68. The minimum atomic E-state index is -1.88. The smallest absolute Gasteiger partial charge is 0.250 e. The van der Waals surface area contributed by atoms with Crippen LogP contribution in [0.25, 0.3) is 0 Å². The molecule has 0 aliphatic heterocycles. The van der Waals surface area contributed by atoms with Crippen molar-refractivity contribution in [2.24, 2.45) is 0 Å². The maximum Gasteiger partial charge on any atom is 0.250 e. The molecule has 0 aromatic heterocycles. The maximum atomic E-state index is 9.79. The van der Waals surface area contributed by atoms with Gasteiger partial charge in [0.25, 0.3) is 0 Å². The van der Waals surface area contributed by atoms with Gasteiger partial charge in [-0.3, -0.25) is 0 Å². The fraction of sp³-hybridized carbons (Fsp3) is 0.571. The van der Waals surface area contributed by atoms with E-state index >= 15 is 0 Å². The predicted octanol–water partition coefficient (Wildman–Crippen LogP) is 5.05. The van der Waals surface area contributed by atoms with Crippen LogP contribution in [0.4, 0.5) is 0 Å². The van der Waals surface area contributed by atoms with Crippen molar-refractivity contribution in [3.05, 3.63) is 22.2 Å². The van der Waals surface area contributed by atoms with Gasteiger partial charge >= 0.3 is 0 Å². The Morgan fingerprint density at radius 2 is 1.67 bits per heavy atom. The number of hydrogen-bond acceptors (Lipinski definition) is 2. The molecule has 0 aliphatic rings. The molecule has 0 radical (unpaired) electrons. The van der Waals surface area contributed by atoms with Crippen molar-refractivity contribution in [3.8, 4) is 11.5 Å². The van der Waals surface area contributed by atoms with Crippen LogP contribution >= 0.6 is 11.6 Å². The van der Waals surface area contributed by atoms with Gasteiger partial charge in [-0.05, 0) is 43.1 Å². The van der Waals surface area contributed by atoms with E-state index in [-0.39, 0.29) is 10.8 Å². The Hall–Kier alpha value is -0.673. The van der Waals surface area contributed by atoms with E-state index < -0.39 is 8.32 Å². The molecule has 0 amide bonds. The molecule has 1 aromatic rings. The molecule has 4 heteroatoms. The van der Waals surface area contributed by atoms with Crippen LogP contribution in [0.2, 0.25) is 23.2 Å². The van der Waals surface area contributed by atoms with Gasteiger partial charge in [-0.15, -0.1) is 0 Å². The number of halogens is 1. The Labute approximate surface area is 116 Å². The van der Waals surface area contributed by atoms with Gasteiger partial charge in [-0.25, -0.2) is 0 Å². The van der Waals surface area contributed by atoms with Crippen LogP contribution in [0.1, 0.15) is 31.9 Å². The van der Waals surface area contributed by atoms with Gasteiger partial charge in [0, 0.05) is 6.07 Å². The predicted molar refractivity (Wildman–Crippen MR) is 80.4 cm³/mol. The number of phenols is 1. The van der Waals surface area contributed by atoms with Crippen molar-refractivity contribution in [2.45, 2.75) is 52.8 Å². The Balaban J connectivity index is 3.22. The number of rotatable bonds is 2. The summed E-state index contributed by atoms with van der Waals surface area (Å²) in [4.78, 5) is 0. The minimum Gasteiger partial charge on any atom is -0.543 e. The normalized spacial score (nSPS) is 12.7. The van der Waals surface area contributed by atoms with E-state index in [0.29, 0.717) is 5.02 Å². The molecule has 0 bridgehead atoms. The van der Waals surface area contributed by atoms with Gasteiger partial charge in [0.1, 0.15) is 11.5 Å². The summed E-state index contributed by atoms with van der Waals surface area (Å²) < 4.78 is 6.26. The van der Waals surface area contributed by atoms with Crippen molar-refractivity contribution in [1.29, 1.82) is 0 Å². The summed E-state index contributed by atoms with van der Waals surface area (Å²) in [5, 5.41) is 10.3. The Kier molecular flexibility index (Phi) is 4.09. The third-order valence-electron chi connectivity index (χ3n) is 3.94. The van der Waals surface area contributed by atoms with E-state index in [9.17, 15) is 5.11 Å². The van der Waals surface area contributed by atoms with Crippen molar-refractivity contribution < 1.29 is 9.53 Å². The summed E-state index contributed by atoms with van der Waals surface area (Å²) in [5.74, 6) is 0.943. The van der Waals surface area contributed by atoms with Crippen LogP contribution < -0.4 is 4.43 Å². The first-order chi connectivity index (χ1) is 7.97. The van der Waals surface area contributed by atoms with Gasteiger partial charge in [0.05, 0.1) is 5.02 Å². The molecule has 0 saturated carbocycles. The lowest BCUT2D eigenvalue weighted by molar-refractivity contribution is 0.463. The summed E-state index contributed by atoms with van der Waals surface area (Å²) >= 11 is 6.02. The number of aromatic hydroxyl groups is 1. The van der Waals surface area contributed by atoms with Crippen molar-refractivity contribution in [2.75, 3.05) is 0 Å². The third-order valence-corrected chi connectivity index (χ3v) is 8.57. The monoisotopic (exact) mass is 286 g/mol. The first-order valence-electron chi connectivity index (χ1n) is 6.15. The van der Waals surface area contributed by atoms with Gasteiger partial charge in [0.2, 0.25) is 8.32 Å². The molecule has 1 aromatic carbocycles. The van der Waals surface area contributed by atoms with E-state index in [2.05, 4.69) is 33.9 Å². The minimum absolute atomic E-state index is 0.137. The highest BCUT2D eigenvalue weighted by Crippen LogP contribution is 2.41. The molecule has 0 heterocycles. The molecular weight excluding hydrogens is 264 g/mol. The fourth-order valence-electron chi connectivity index (χ4n) is 1.37. The topological polar surface area (TPSA) is 29.5 Å². The lowest BCUT2D eigenvalue weighted by atomic mass is 10.1. The number of benzene rings is 1. The van der Waals surface area contributed by atoms with Gasteiger partial charge in [-0.2, -0.15) is 0 Å². The third kappa shape index (κ3) is 2.83. The molecule has 0 spiro atoms. The zero-order valence-electron chi connectivity index (χ0n) is 12.3. The second-order valence-electron chi connectivity index (χ2n) is 6.32. The largest absolute Gasteiger partial charge is 0.543 e. The molecule has 2 nitrogen and oxygen atoms in total. The lowest BCUT2D eigenvalue weighted by Crippen LogP contribution is -2.44. The highest BCUT2D eigenvalue weighted by Gasteiger charge is 2.39. The van der Waals surface area contributed by atoms with Crippen molar-refractivity contribution in [1.82, 2.24) is 0 Å². The van der Waals surface area contributed by atoms with Crippen LogP contribution in [0, 0.1) is 13.8 Å². The van der Waals surface area contributed by atoms with Crippen LogP contribution in [-0.2, 0) is 0 Å². The highest BCUT2D eigenvalue weighted by atomic mass is 35.5. The molecular formula is C14H23ClO2Si. The Morgan fingerprint density at radius 3 is 2.11 bits per heavy atom. The maximum absolute atomic E-state index is 9.79. The Bertz CT molecular complexity index is 462. The number of hydrogen-bond donors (Lipinski definition) is 1. The van der Waals surface area contributed by atoms with E-state index in [4.69, 9.17) is 16.0 Å². The quantitative estimate of drug-likeness (QED) is 0.771. The van der Waals surface area contributed by atoms with Crippen LogP contribution in [0.15, 0.2) is 6.07 Å². The Morgan fingerprint density at radius 1 is 1.17 bits per heavy atom. The average molecular weight is 287 g/mol. The molecule has 0 fully saturated rings. The van der Waals surface area contributed by atoms with Gasteiger partial charge in [-0.1, -0.05) is 32.4 Å². The zero-order valence-corrected chi connectivity index (χ0v) is 14.1. The van der Waals surface area contributed by atoms with Crippen LogP contribution in [0.5, 0.6) is 11.5 Å². The van der Waals surface area contributed by atoms with Crippen molar-refractivity contribution >= 4 is 19.9 Å². The van der Waals surface area contributed by atoms with E-state index in [1.54, 1.807) is 6.07 Å². The summed E-state index contributed by atoms with van der Waals surface area (Å²) in [6.45, 7) is 14.8. The molecule has 102 valence electrons. The van der Waals surface area contributed by atoms with Crippen LogP contribution in [0.3, 0.4) is 0 Å². The molecule has 0 unspecified atom stereocenters. The second-order valence-corrected chi connectivity index (χ2v) is 11.4. The first kappa shape index (κ1) is 15.4. The first-order valence-corrected chi connectivity index (χ1v) is 9.43. The number of phenolic OH excluding ortho intramolecular Hbond substituents is 1. The second kappa shape index (κ2) is 4.78. The lowest BCUT2D eigenvalue weighted by Gasteiger charge is -2.37. The standard InChI is InChI=1S/C14H23ClO2Si/c1-9-10(2)13(16)11(15)8-12(9)17-18(6,7)14(3,4)5/h8,16H,1-7H3. The molecule has 1 rings (SSSR count). The summed E-state index contributed by atoms with van der Waals surface area (Å²) in [6.07, 6.45) is 0. The van der Waals surface area contributed by atoms with Gasteiger partial charge < -0.3 is 9.53 Å². The molecule has 0 atom stereocenters.